The molecular formula is C22H27N3O3. The van der Waals surface area contributed by atoms with Crippen molar-refractivity contribution in [2.75, 3.05) is 11.9 Å². The fourth-order valence-electron chi connectivity index (χ4n) is 3.59. The van der Waals surface area contributed by atoms with Crippen molar-refractivity contribution in [3.63, 3.8) is 0 Å². The summed E-state index contributed by atoms with van der Waals surface area (Å²) in [6.07, 6.45) is 2.92. The van der Waals surface area contributed by atoms with Crippen LogP contribution in [-0.2, 0) is 22.7 Å². The smallest absolute Gasteiger partial charge is 0.407 e. The summed E-state index contributed by atoms with van der Waals surface area (Å²) in [5, 5.41) is 5.78. The largest absolute Gasteiger partial charge is 0.445 e. The topological polar surface area (TPSA) is 93.5 Å². The van der Waals surface area contributed by atoms with Gasteiger partial charge in [-0.3, -0.25) is 4.79 Å². The molecule has 6 nitrogen and oxygen atoms in total. The Morgan fingerprint density at radius 2 is 1.71 bits per heavy atom. The third-order valence-electron chi connectivity index (χ3n) is 5.25. The average molecular weight is 381 g/mol. The minimum absolute atomic E-state index is 0.0671. The van der Waals surface area contributed by atoms with Crippen LogP contribution >= 0.6 is 0 Å². The van der Waals surface area contributed by atoms with Gasteiger partial charge in [0.1, 0.15) is 6.61 Å². The van der Waals surface area contributed by atoms with Crippen LogP contribution in [0.2, 0.25) is 0 Å². The van der Waals surface area contributed by atoms with Gasteiger partial charge in [-0.25, -0.2) is 4.79 Å². The van der Waals surface area contributed by atoms with E-state index in [1.807, 2.05) is 54.6 Å². The molecule has 1 fully saturated rings. The molecule has 0 aliphatic heterocycles. The van der Waals surface area contributed by atoms with Crippen molar-refractivity contribution in [1.29, 1.82) is 0 Å². The van der Waals surface area contributed by atoms with Crippen molar-refractivity contribution in [2.45, 2.75) is 38.8 Å². The van der Waals surface area contributed by atoms with E-state index in [1.54, 1.807) is 0 Å². The van der Waals surface area contributed by atoms with Gasteiger partial charge in [0.2, 0.25) is 5.91 Å². The molecule has 0 spiro atoms. The van der Waals surface area contributed by atoms with Crippen molar-refractivity contribution in [2.24, 2.45) is 11.1 Å². The third kappa shape index (κ3) is 5.10. The van der Waals surface area contributed by atoms with Crippen LogP contribution in [0.5, 0.6) is 0 Å². The van der Waals surface area contributed by atoms with E-state index in [-0.39, 0.29) is 19.1 Å². The number of anilines is 1. The van der Waals surface area contributed by atoms with Gasteiger partial charge in [-0.1, -0.05) is 55.3 Å². The number of amides is 2. The lowest BCUT2D eigenvalue weighted by Crippen LogP contribution is -2.44. The van der Waals surface area contributed by atoms with Crippen LogP contribution in [0.3, 0.4) is 0 Å². The van der Waals surface area contributed by atoms with Crippen LogP contribution in [0.1, 0.15) is 36.8 Å². The fraction of sp³-hybridized carbons (Fsp3) is 0.364. The minimum atomic E-state index is -0.607. The number of hydrogen-bond donors (Lipinski definition) is 3. The van der Waals surface area contributed by atoms with E-state index in [9.17, 15) is 9.59 Å². The quantitative estimate of drug-likeness (QED) is 0.683. The van der Waals surface area contributed by atoms with Gasteiger partial charge < -0.3 is 21.1 Å². The Morgan fingerprint density at radius 3 is 2.43 bits per heavy atom. The first-order valence-corrected chi connectivity index (χ1v) is 9.66. The molecule has 148 valence electrons. The molecule has 28 heavy (non-hydrogen) atoms. The average Bonchev–Trinajstić information content (AvgIpc) is 3.22. The molecule has 6 heteroatoms. The van der Waals surface area contributed by atoms with Gasteiger partial charge in [-0.15, -0.1) is 0 Å². The second-order valence-corrected chi connectivity index (χ2v) is 7.26. The van der Waals surface area contributed by atoms with Crippen LogP contribution in [0.25, 0.3) is 0 Å². The number of nitrogens with two attached hydrogens (primary N) is 1. The van der Waals surface area contributed by atoms with E-state index >= 15 is 0 Å². The lowest BCUT2D eigenvalue weighted by Gasteiger charge is -2.28. The molecule has 2 aromatic carbocycles. The van der Waals surface area contributed by atoms with Crippen LogP contribution in [-0.4, -0.2) is 18.5 Å². The predicted molar refractivity (Wildman–Crippen MR) is 108 cm³/mol. The molecule has 0 saturated heterocycles. The fourth-order valence-corrected chi connectivity index (χ4v) is 3.59. The van der Waals surface area contributed by atoms with Gasteiger partial charge in [-0.2, -0.15) is 0 Å². The summed E-state index contributed by atoms with van der Waals surface area (Å²) in [5.74, 6) is -0.0671. The van der Waals surface area contributed by atoms with Gasteiger partial charge in [0.25, 0.3) is 0 Å². The van der Waals surface area contributed by atoms with Crippen molar-refractivity contribution in [3.8, 4) is 0 Å². The molecule has 0 unspecified atom stereocenters. The minimum Gasteiger partial charge on any atom is -0.445 e. The lowest BCUT2D eigenvalue weighted by molar-refractivity contribution is -0.125. The Labute approximate surface area is 165 Å². The number of alkyl carbamates (subject to hydrolysis) is 1. The second kappa shape index (κ2) is 9.37. The summed E-state index contributed by atoms with van der Waals surface area (Å²) in [6, 6.07) is 17.0. The standard InChI is InChI=1S/C22H27N3O3/c23-14-18-9-6-10-19(13-18)25-20(26)22(11-4-5-12-22)16-24-21(27)28-15-17-7-2-1-3-8-17/h1-3,6-10,13H,4-5,11-12,14-16,23H2,(H,24,27)(H,25,26). The van der Waals surface area contributed by atoms with Crippen molar-refractivity contribution >= 4 is 17.7 Å². The summed E-state index contributed by atoms with van der Waals surface area (Å²) in [6.45, 7) is 0.893. The zero-order valence-electron chi connectivity index (χ0n) is 15.9. The first kappa shape index (κ1) is 19.9. The Balaban J connectivity index is 1.56. The van der Waals surface area contributed by atoms with Crippen molar-refractivity contribution in [3.05, 3.63) is 65.7 Å². The highest BCUT2D eigenvalue weighted by atomic mass is 16.5. The van der Waals surface area contributed by atoms with E-state index in [4.69, 9.17) is 10.5 Å². The van der Waals surface area contributed by atoms with Gasteiger partial charge >= 0.3 is 6.09 Å². The van der Waals surface area contributed by atoms with E-state index in [1.165, 1.54) is 0 Å². The molecule has 0 aromatic heterocycles. The number of carbonyl (C=O) groups is 2. The zero-order valence-corrected chi connectivity index (χ0v) is 15.9. The molecular weight excluding hydrogens is 354 g/mol. The lowest BCUT2D eigenvalue weighted by atomic mass is 9.85. The summed E-state index contributed by atoms with van der Waals surface area (Å²) in [7, 11) is 0. The highest BCUT2D eigenvalue weighted by Crippen LogP contribution is 2.38. The zero-order chi connectivity index (χ0) is 19.8. The predicted octanol–water partition coefficient (Wildman–Crippen LogP) is 3.57. The molecule has 1 aliphatic carbocycles. The molecule has 2 aromatic rings. The molecule has 4 N–H and O–H groups in total. The highest BCUT2D eigenvalue weighted by molar-refractivity contribution is 5.96. The number of ether oxygens (including phenoxy) is 1. The van der Waals surface area contributed by atoms with Crippen LogP contribution in [0.4, 0.5) is 10.5 Å². The molecule has 2 amide bonds. The molecule has 0 bridgehead atoms. The monoisotopic (exact) mass is 381 g/mol. The van der Waals surface area contributed by atoms with E-state index in [0.717, 1.165) is 42.5 Å². The summed E-state index contributed by atoms with van der Waals surface area (Å²) in [5.41, 5.74) is 7.68. The third-order valence-corrected chi connectivity index (χ3v) is 5.25. The SMILES string of the molecule is NCc1cccc(NC(=O)C2(CNC(=O)OCc3ccccc3)CCCC2)c1. The molecule has 0 atom stereocenters. The van der Waals surface area contributed by atoms with E-state index < -0.39 is 11.5 Å². The molecule has 0 radical (unpaired) electrons. The molecule has 1 saturated carbocycles. The molecule has 0 heterocycles. The maximum atomic E-state index is 13.0. The summed E-state index contributed by atoms with van der Waals surface area (Å²) >= 11 is 0. The normalized spacial score (nSPS) is 15.0. The van der Waals surface area contributed by atoms with Gasteiger partial charge in [-0.05, 0) is 36.1 Å². The highest BCUT2D eigenvalue weighted by Gasteiger charge is 2.41. The number of benzene rings is 2. The van der Waals surface area contributed by atoms with E-state index in [2.05, 4.69) is 10.6 Å². The second-order valence-electron chi connectivity index (χ2n) is 7.26. The molecule has 1 aliphatic rings. The first-order chi connectivity index (χ1) is 13.6. The van der Waals surface area contributed by atoms with Gasteiger partial charge in [0.05, 0.1) is 5.41 Å². The van der Waals surface area contributed by atoms with E-state index in [0.29, 0.717) is 6.54 Å². The van der Waals surface area contributed by atoms with Gasteiger partial charge in [0.15, 0.2) is 0 Å². The van der Waals surface area contributed by atoms with Gasteiger partial charge in [0, 0.05) is 18.8 Å². The number of hydrogen-bond acceptors (Lipinski definition) is 4. The van der Waals surface area contributed by atoms with Crippen LogP contribution < -0.4 is 16.4 Å². The number of rotatable bonds is 7. The van der Waals surface area contributed by atoms with Crippen LogP contribution in [0.15, 0.2) is 54.6 Å². The molecule has 3 rings (SSSR count). The first-order valence-electron chi connectivity index (χ1n) is 9.66. The summed E-state index contributed by atoms with van der Waals surface area (Å²) in [4.78, 5) is 25.1. The number of carbonyl (C=O) groups excluding carboxylic acids is 2. The summed E-state index contributed by atoms with van der Waals surface area (Å²) < 4.78 is 5.27. The Hall–Kier alpha value is -2.86. The Kier molecular flexibility index (Phi) is 6.66. The number of nitrogens with one attached hydrogen (secondary N) is 2. The Bertz CT molecular complexity index is 802. The maximum absolute atomic E-state index is 13.0. The Morgan fingerprint density at radius 1 is 1.00 bits per heavy atom. The van der Waals surface area contributed by atoms with Crippen LogP contribution in [0, 0.1) is 5.41 Å². The maximum Gasteiger partial charge on any atom is 0.407 e. The van der Waals surface area contributed by atoms with Crippen molar-refractivity contribution in [1.82, 2.24) is 5.32 Å². The van der Waals surface area contributed by atoms with Crippen molar-refractivity contribution < 1.29 is 14.3 Å².